The Balaban J connectivity index is 2.52. The van der Waals surface area contributed by atoms with Gasteiger partial charge in [-0.25, -0.2) is 4.98 Å². The molecule has 0 aliphatic heterocycles. The number of pyridine rings is 1. The molecule has 0 aromatic carbocycles. The number of nitrogens with zero attached hydrogens (tertiary/aromatic N) is 1. The molecule has 1 rings (SSSR count). The normalized spacial score (nSPS) is 13.7. The summed E-state index contributed by atoms with van der Waals surface area (Å²) < 4.78 is 0. The van der Waals surface area contributed by atoms with Crippen molar-refractivity contribution in [3.05, 3.63) is 29.0 Å². The van der Waals surface area contributed by atoms with Crippen LogP contribution in [0.1, 0.15) is 38.8 Å². The molecule has 1 aromatic rings. The third-order valence-electron chi connectivity index (χ3n) is 2.93. The van der Waals surface area contributed by atoms with Crippen molar-refractivity contribution in [3.63, 3.8) is 0 Å². The zero-order valence-electron chi connectivity index (χ0n) is 10.7. The van der Waals surface area contributed by atoms with Crippen molar-refractivity contribution in [1.29, 1.82) is 0 Å². The van der Waals surface area contributed by atoms with Gasteiger partial charge < -0.3 is 10.4 Å². The van der Waals surface area contributed by atoms with E-state index in [9.17, 15) is 0 Å². The Morgan fingerprint density at radius 3 is 2.82 bits per heavy atom. The molecule has 1 atom stereocenters. The van der Waals surface area contributed by atoms with E-state index in [0.29, 0.717) is 5.15 Å². The van der Waals surface area contributed by atoms with Crippen LogP contribution in [0.15, 0.2) is 18.3 Å². The van der Waals surface area contributed by atoms with E-state index in [1.54, 1.807) is 6.20 Å². The molecule has 0 radical (unpaired) electrons. The summed E-state index contributed by atoms with van der Waals surface area (Å²) in [5.74, 6) is 0. The summed E-state index contributed by atoms with van der Waals surface area (Å²) in [6.07, 6.45) is 2.51. The van der Waals surface area contributed by atoms with Gasteiger partial charge in [0.05, 0.1) is 0 Å². The predicted octanol–water partition coefficient (Wildman–Crippen LogP) is 2.79. The lowest BCUT2D eigenvalue weighted by atomic mass is 9.89. The fraction of sp³-hybridized carbons (Fsp3) is 0.615. The number of hydrogen-bond acceptors (Lipinski definition) is 3. The number of aliphatic hydroxyl groups is 1. The minimum atomic E-state index is 0.0971. The summed E-state index contributed by atoms with van der Waals surface area (Å²) in [6.45, 7) is 7.46. The van der Waals surface area contributed by atoms with Crippen LogP contribution in [0.4, 0.5) is 0 Å². The van der Waals surface area contributed by atoms with Gasteiger partial charge in [0.1, 0.15) is 5.15 Å². The van der Waals surface area contributed by atoms with E-state index in [-0.39, 0.29) is 18.1 Å². The summed E-state index contributed by atoms with van der Waals surface area (Å²) in [4.78, 5) is 3.97. The van der Waals surface area contributed by atoms with Crippen LogP contribution in [0.2, 0.25) is 5.15 Å². The first kappa shape index (κ1) is 14.4. The highest BCUT2D eigenvalue weighted by atomic mass is 35.5. The van der Waals surface area contributed by atoms with Crippen molar-refractivity contribution in [2.24, 2.45) is 5.41 Å². The van der Waals surface area contributed by atoms with Crippen LogP contribution in [-0.2, 0) is 0 Å². The highest BCUT2D eigenvalue weighted by molar-refractivity contribution is 6.29. The standard InChI is InChI=1S/C13H21ClN2O/c1-10(11-4-6-15-12(14)8-11)16-9-13(2,3)5-7-17/h4,6,8,10,16-17H,5,7,9H2,1-3H3. The van der Waals surface area contributed by atoms with Gasteiger partial charge in [-0.05, 0) is 36.5 Å². The largest absolute Gasteiger partial charge is 0.396 e. The molecule has 1 aromatic heterocycles. The van der Waals surface area contributed by atoms with Crippen LogP contribution >= 0.6 is 11.6 Å². The first-order valence-electron chi connectivity index (χ1n) is 5.90. The van der Waals surface area contributed by atoms with Gasteiger partial charge in [0.2, 0.25) is 0 Å². The Hall–Kier alpha value is -0.640. The van der Waals surface area contributed by atoms with E-state index < -0.39 is 0 Å². The second kappa shape index (κ2) is 6.34. The molecular weight excluding hydrogens is 236 g/mol. The van der Waals surface area contributed by atoms with Gasteiger partial charge in [0.15, 0.2) is 0 Å². The van der Waals surface area contributed by atoms with E-state index in [1.165, 1.54) is 0 Å². The Morgan fingerprint density at radius 1 is 1.53 bits per heavy atom. The summed E-state index contributed by atoms with van der Waals surface area (Å²) in [5.41, 5.74) is 1.23. The smallest absolute Gasteiger partial charge is 0.129 e. The fourth-order valence-electron chi connectivity index (χ4n) is 1.63. The zero-order valence-corrected chi connectivity index (χ0v) is 11.5. The van der Waals surface area contributed by atoms with Crippen molar-refractivity contribution in [1.82, 2.24) is 10.3 Å². The maximum Gasteiger partial charge on any atom is 0.129 e. The molecule has 0 aliphatic rings. The van der Waals surface area contributed by atoms with Gasteiger partial charge in [0, 0.05) is 25.4 Å². The minimum Gasteiger partial charge on any atom is -0.396 e. The molecular formula is C13H21ClN2O. The summed E-state index contributed by atoms with van der Waals surface area (Å²) >= 11 is 5.86. The maximum absolute atomic E-state index is 8.97. The number of rotatable bonds is 6. The minimum absolute atomic E-state index is 0.0971. The summed E-state index contributed by atoms with van der Waals surface area (Å²) in [6, 6.07) is 4.06. The van der Waals surface area contributed by atoms with Crippen LogP contribution in [0.5, 0.6) is 0 Å². The monoisotopic (exact) mass is 256 g/mol. The van der Waals surface area contributed by atoms with Gasteiger partial charge in [-0.15, -0.1) is 0 Å². The van der Waals surface area contributed by atoms with Gasteiger partial charge >= 0.3 is 0 Å². The quantitative estimate of drug-likeness (QED) is 0.770. The van der Waals surface area contributed by atoms with E-state index in [2.05, 4.69) is 31.1 Å². The van der Waals surface area contributed by atoms with Gasteiger partial charge in [-0.2, -0.15) is 0 Å². The van der Waals surface area contributed by atoms with Crippen molar-refractivity contribution in [3.8, 4) is 0 Å². The maximum atomic E-state index is 8.97. The lowest BCUT2D eigenvalue weighted by molar-refractivity contribution is 0.204. The molecule has 2 N–H and O–H groups in total. The van der Waals surface area contributed by atoms with Crippen molar-refractivity contribution in [2.45, 2.75) is 33.2 Å². The Labute approximate surface area is 108 Å². The molecule has 1 unspecified atom stereocenters. The van der Waals surface area contributed by atoms with E-state index in [0.717, 1.165) is 18.5 Å². The molecule has 96 valence electrons. The third-order valence-corrected chi connectivity index (χ3v) is 3.13. The average Bonchev–Trinajstić information content (AvgIpc) is 2.26. The molecule has 0 amide bonds. The Bertz CT molecular complexity index is 355. The number of aromatic nitrogens is 1. The third kappa shape index (κ3) is 5.02. The molecule has 0 aliphatic carbocycles. The molecule has 0 saturated heterocycles. The lowest BCUT2D eigenvalue weighted by Gasteiger charge is -2.26. The van der Waals surface area contributed by atoms with Crippen molar-refractivity contribution in [2.75, 3.05) is 13.2 Å². The fourth-order valence-corrected chi connectivity index (χ4v) is 1.81. The Morgan fingerprint density at radius 2 is 2.24 bits per heavy atom. The zero-order chi connectivity index (χ0) is 12.9. The Kier molecular flexibility index (Phi) is 5.37. The molecule has 0 spiro atoms. The van der Waals surface area contributed by atoms with E-state index in [4.69, 9.17) is 16.7 Å². The van der Waals surface area contributed by atoms with Crippen LogP contribution in [-0.4, -0.2) is 23.2 Å². The first-order chi connectivity index (χ1) is 7.94. The molecule has 3 nitrogen and oxygen atoms in total. The van der Waals surface area contributed by atoms with Crippen molar-refractivity contribution >= 4 is 11.6 Å². The SMILES string of the molecule is CC(NCC(C)(C)CCO)c1ccnc(Cl)c1. The highest BCUT2D eigenvalue weighted by Crippen LogP contribution is 2.21. The summed E-state index contributed by atoms with van der Waals surface area (Å²) in [5, 5.41) is 12.9. The second-order valence-electron chi connectivity index (χ2n) is 5.15. The number of halogens is 1. The number of nitrogens with one attached hydrogen (secondary N) is 1. The van der Waals surface area contributed by atoms with Gasteiger partial charge in [-0.3, -0.25) is 0 Å². The van der Waals surface area contributed by atoms with Gasteiger partial charge in [0.25, 0.3) is 0 Å². The number of aliphatic hydroxyl groups excluding tert-OH is 1. The average molecular weight is 257 g/mol. The second-order valence-corrected chi connectivity index (χ2v) is 5.54. The van der Waals surface area contributed by atoms with Crippen molar-refractivity contribution < 1.29 is 5.11 Å². The summed E-state index contributed by atoms with van der Waals surface area (Å²) in [7, 11) is 0. The molecule has 0 saturated carbocycles. The molecule has 4 heteroatoms. The lowest BCUT2D eigenvalue weighted by Crippen LogP contribution is -2.32. The van der Waals surface area contributed by atoms with Crippen LogP contribution in [0.25, 0.3) is 0 Å². The molecule has 0 fully saturated rings. The first-order valence-corrected chi connectivity index (χ1v) is 6.28. The van der Waals surface area contributed by atoms with Gasteiger partial charge in [-0.1, -0.05) is 25.4 Å². The van der Waals surface area contributed by atoms with Crippen LogP contribution in [0.3, 0.4) is 0 Å². The van der Waals surface area contributed by atoms with Crippen LogP contribution in [0, 0.1) is 5.41 Å². The van der Waals surface area contributed by atoms with E-state index in [1.807, 2.05) is 12.1 Å². The predicted molar refractivity (Wildman–Crippen MR) is 71.1 cm³/mol. The topological polar surface area (TPSA) is 45.1 Å². The highest BCUT2D eigenvalue weighted by Gasteiger charge is 2.18. The number of hydrogen-bond donors (Lipinski definition) is 2. The van der Waals surface area contributed by atoms with E-state index >= 15 is 0 Å². The molecule has 0 bridgehead atoms. The molecule has 1 heterocycles. The molecule has 17 heavy (non-hydrogen) atoms. The van der Waals surface area contributed by atoms with Crippen LogP contribution < -0.4 is 5.32 Å².